The summed E-state index contributed by atoms with van der Waals surface area (Å²) in [5.41, 5.74) is 0.0218. The maximum atomic E-state index is 11.3. The number of carbonyl (C=O) groups excluding carboxylic acids is 1. The fourth-order valence-electron chi connectivity index (χ4n) is 1.27. The molecule has 0 bridgehead atoms. The summed E-state index contributed by atoms with van der Waals surface area (Å²) in [6.07, 6.45) is 0. The highest BCUT2D eigenvalue weighted by atomic mass is 32.2. The van der Waals surface area contributed by atoms with Gasteiger partial charge in [-0.3, -0.25) is 0 Å². The molecule has 0 saturated heterocycles. The van der Waals surface area contributed by atoms with Gasteiger partial charge in [-0.2, -0.15) is 8.42 Å². The predicted octanol–water partition coefficient (Wildman–Crippen LogP) is 0.286. The van der Waals surface area contributed by atoms with Gasteiger partial charge in [0.25, 0.3) is 0 Å². The van der Waals surface area contributed by atoms with Crippen LogP contribution in [-0.2, 0) is 19.8 Å². The van der Waals surface area contributed by atoms with E-state index >= 15 is 0 Å². The summed E-state index contributed by atoms with van der Waals surface area (Å²) >= 11 is 0. The molecule has 0 radical (unpaired) electrons. The number of methoxy groups -OCH3 is 1. The summed E-state index contributed by atoms with van der Waals surface area (Å²) in [4.78, 5) is 11.3. The largest absolute Gasteiger partial charge is 0.464 e. The van der Waals surface area contributed by atoms with Crippen LogP contribution in [0.15, 0.2) is 28.7 Å². The Morgan fingerprint density at radius 1 is 1.38 bits per heavy atom. The minimum Gasteiger partial charge on any atom is -0.464 e. The van der Waals surface area contributed by atoms with Gasteiger partial charge in [0.05, 0.1) is 12.7 Å². The molecular formula is C9H7NO5S. The van der Waals surface area contributed by atoms with Crippen LogP contribution in [0.2, 0.25) is 0 Å². The number of hydrogen-bond acceptors (Lipinski definition) is 5. The van der Waals surface area contributed by atoms with E-state index in [0.717, 1.165) is 7.11 Å². The van der Waals surface area contributed by atoms with Crippen molar-refractivity contribution in [1.82, 2.24) is 0 Å². The molecule has 0 amide bonds. The van der Waals surface area contributed by atoms with Crippen LogP contribution in [-0.4, -0.2) is 27.2 Å². The smallest absolute Gasteiger partial charge is 0.429 e. The molecule has 1 aliphatic rings. The number of rotatable bonds is 1. The van der Waals surface area contributed by atoms with Crippen molar-refractivity contribution in [2.75, 3.05) is 7.11 Å². The molecule has 6 nitrogen and oxygen atoms in total. The molecule has 0 spiro atoms. The lowest BCUT2D eigenvalue weighted by Crippen LogP contribution is -2.25. The van der Waals surface area contributed by atoms with Gasteiger partial charge < -0.3 is 8.92 Å². The molecule has 16 heavy (non-hydrogen) atoms. The van der Waals surface area contributed by atoms with Crippen molar-refractivity contribution in [3.05, 3.63) is 29.8 Å². The zero-order chi connectivity index (χ0) is 11.8. The third-order valence-electron chi connectivity index (χ3n) is 1.92. The van der Waals surface area contributed by atoms with Crippen molar-refractivity contribution in [2.45, 2.75) is 0 Å². The van der Waals surface area contributed by atoms with E-state index in [9.17, 15) is 13.2 Å². The zero-order valence-electron chi connectivity index (χ0n) is 8.21. The zero-order valence-corrected chi connectivity index (χ0v) is 9.02. The average molecular weight is 241 g/mol. The number of para-hydroxylation sites is 1. The molecule has 1 heterocycles. The number of carbonyl (C=O) groups is 1. The summed E-state index contributed by atoms with van der Waals surface area (Å²) in [6.45, 7) is 0. The third-order valence-corrected chi connectivity index (χ3v) is 2.72. The van der Waals surface area contributed by atoms with Gasteiger partial charge in [0.15, 0.2) is 11.5 Å². The highest BCUT2D eigenvalue weighted by Gasteiger charge is 2.29. The Labute approximate surface area is 91.8 Å². The lowest BCUT2D eigenvalue weighted by atomic mass is 10.1. The Morgan fingerprint density at radius 2 is 2.06 bits per heavy atom. The molecule has 84 valence electrons. The van der Waals surface area contributed by atoms with Crippen molar-refractivity contribution in [2.24, 2.45) is 4.40 Å². The van der Waals surface area contributed by atoms with Gasteiger partial charge in [-0.05, 0) is 12.1 Å². The molecule has 1 aromatic rings. The summed E-state index contributed by atoms with van der Waals surface area (Å²) in [5, 5.41) is 0. The maximum Gasteiger partial charge on any atom is 0.429 e. The summed E-state index contributed by atoms with van der Waals surface area (Å²) < 4.78 is 34.7. The summed E-state index contributed by atoms with van der Waals surface area (Å²) in [5.74, 6) is -0.753. The molecule has 7 heteroatoms. The minimum absolute atomic E-state index is 0.0675. The Kier molecular flexibility index (Phi) is 2.39. The van der Waals surface area contributed by atoms with E-state index in [4.69, 9.17) is 0 Å². The van der Waals surface area contributed by atoms with E-state index in [1.807, 2.05) is 0 Å². The molecule has 0 N–H and O–H groups in total. The van der Waals surface area contributed by atoms with Crippen molar-refractivity contribution < 1.29 is 22.1 Å². The van der Waals surface area contributed by atoms with Gasteiger partial charge in [0.1, 0.15) is 0 Å². The Morgan fingerprint density at radius 3 is 2.75 bits per heavy atom. The van der Waals surface area contributed by atoms with Crippen LogP contribution in [0.5, 0.6) is 5.75 Å². The Balaban J connectivity index is 2.65. The van der Waals surface area contributed by atoms with E-state index in [1.54, 1.807) is 12.1 Å². The van der Waals surface area contributed by atoms with E-state index in [2.05, 4.69) is 13.3 Å². The van der Waals surface area contributed by atoms with Crippen molar-refractivity contribution in [3.8, 4) is 5.75 Å². The average Bonchev–Trinajstić information content (AvgIpc) is 2.25. The fraction of sp³-hybridized carbons (Fsp3) is 0.111. The van der Waals surface area contributed by atoms with Crippen LogP contribution >= 0.6 is 0 Å². The lowest BCUT2D eigenvalue weighted by Gasteiger charge is -2.14. The molecule has 1 aliphatic heterocycles. The first-order valence-electron chi connectivity index (χ1n) is 4.25. The first kappa shape index (κ1) is 10.6. The van der Waals surface area contributed by atoms with Crippen molar-refractivity contribution in [1.29, 1.82) is 0 Å². The predicted molar refractivity (Wildman–Crippen MR) is 54.5 cm³/mol. The normalized spacial score (nSPS) is 16.7. The van der Waals surface area contributed by atoms with Crippen LogP contribution in [0.1, 0.15) is 5.56 Å². The van der Waals surface area contributed by atoms with Crippen LogP contribution < -0.4 is 4.18 Å². The fourth-order valence-corrected chi connectivity index (χ4v) is 2.08. The molecule has 0 aromatic heterocycles. The number of ether oxygens (including phenoxy) is 1. The Bertz CT molecular complexity index is 575. The molecule has 0 aliphatic carbocycles. The quantitative estimate of drug-likeness (QED) is 0.660. The number of hydrogen-bond donors (Lipinski definition) is 0. The third kappa shape index (κ3) is 1.76. The second kappa shape index (κ2) is 3.60. The van der Waals surface area contributed by atoms with Gasteiger partial charge in [-0.1, -0.05) is 12.1 Å². The molecular weight excluding hydrogens is 234 g/mol. The topological polar surface area (TPSA) is 82.0 Å². The van der Waals surface area contributed by atoms with Crippen LogP contribution in [0.3, 0.4) is 0 Å². The van der Waals surface area contributed by atoms with Crippen LogP contribution in [0.25, 0.3) is 0 Å². The van der Waals surface area contributed by atoms with Gasteiger partial charge in [0.2, 0.25) is 0 Å². The number of nitrogens with zero attached hydrogens (tertiary/aromatic N) is 1. The maximum absolute atomic E-state index is 11.3. The second-order valence-electron chi connectivity index (χ2n) is 2.94. The molecule has 2 rings (SSSR count). The molecule has 0 saturated carbocycles. The van der Waals surface area contributed by atoms with Gasteiger partial charge in [-0.15, -0.1) is 4.40 Å². The number of esters is 1. The van der Waals surface area contributed by atoms with E-state index in [-0.39, 0.29) is 11.5 Å². The van der Waals surface area contributed by atoms with Gasteiger partial charge in [-0.25, -0.2) is 4.79 Å². The van der Waals surface area contributed by atoms with E-state index in [0.29, 0.717) is 5.56 Å². The molecule has 1 aromatic carbocycles. The molecule has 0 atom stereocenters. The van der Waals surface area contributed by atoms with Crippen LogP contribution in [0, 0.1) is 0 Å². The second-order valence-corrected chi connectivity index (χ2v) is 4.14. The number of benzene rings is 1. The molecule has 0 unspecified atom stereocenters. The van der Waals surface area contributed by atoms with E-state index in [1.165, 1.54) is 12.1 Å². The lowest BCUT2D eigenvalue weighted by molar-refractivity contribution is -0.132. The van der Waals surface area contributed by atoms with Crippen LogP contribution in [0.4, 0.5) is 0 Å². The van der Waals surface area contributed by atoms with E-state index < -0.39 is 16.3 Å². The SMILES string of the molecule is COC(=O)C1=NS(=O)(=O)Oc2ccccc21. The first-order valence-corrected chi connectivity index (χ1v) is 5.62. The summed E-state index contributed by atoms with van der Waals surface area (Å²) in [7, 11) is -2.96. The monoisotopic (exact) mass is 241 g/mol. The minimum atomic E-state index is -4.11. The van der Waals surface area contributed by atoms with Crippen molar-refractivity contribution in [3.63, 3.8) is 0 Å². The Hall–Kier alpha value is -1.89. The number of fused-ring (bicyclic) bond motifs is 1. The standard InChI is InChI=1S/C9H7NO5S/c1-14-9(11)8-6-4-2-3-5-7(6)15-16(12,13)10-8/h2-5H,1H3. The van der Waals surface area contributed by atoms with Crippen molar-refractivity contribution >= 4 is 22.0 Å². The first-order chi connectivity index (χ1) is 7.53. The highest BCUT2D eigenvalue weighted by Crippen LogP contribution is 2.26. The van der Waals surface area contributed by atoms with Gasteiger partial charge >= 0.3 is 16.3 Å². The molecule has 0 fully saturated rings. The van der Waals surface area contributed by atoms with Gasteiger partial charge in [0, 0.05) is 0 Å². The summed E-state index contributed by atoms with van der Waals surface area (Å²) in [6, 6.07) is 6.19. The highest BCUT2D eigenvalue weighted by molar-refractivity contribution is 7.86.